The molecular formula is C15H19BrN2. The zero-order chi connectivity index (χ0) is 13.3. The second kappa shape index (κ2) is 5.27. The summed E-state index contributed by atoms with van der Waals surface area (Å²) in [5.74, 6) is 0.435. The molecule has 0 radical (unpaired) electrons. The van der Waals surface area contributed by atoms with Crippen LogP contribution >= 0.6 is 15.9 Å². The number of nitrogens with zero attached hydrogens (tertiary/aromatic N) is 1. The summed E-state index contributed by atoms with van der Waals surface area (Å²) < 4.78 is 1.10. The van der Waals surface area contributed by atoms with Gasteiger partial charge in [0.05, 0.1) is 5.52 Å². The molecule has 1 heterocycles. The fraction of sp³-hybridized carbons (Fsp3) is 0.400. The Hall–Kier alpha value is -1.09. The summed E-state index contributed by atoms with van der Waals surface area (Å²) in [6.45, 7) is 9.50. The fourth-order valence-corrected chi connectivity index (χ4v) is 2.61. The first-order valence-electron chi connectivity index (χ1n) is 6.38. The zero-order valence-corrected chi connectivity index (χ0v) is 12.9. The lowest BCUT2D eigenvalue weighted by Crippen LogP contribution is -2.03. The lowest BCUT2D eigenvalue weighted by Gasteiger charge is -2.15. The third-order valence-corrected chi connectivity index (χ3v) is 3.75. The molecule has 2 nitrogen and oxygen atoms in total. The Labute approximate surface area is 117 Å². The van der Waals surface area contributed by atoms with Crippen molar-refractivity contribution >= 4 is 32.5 Å². The molecule has 96 valence electrons. The van der Waals surface area contributed by atoms with E-state index in [1.165, 1.54) is 16.6 Å². The van der Waals surface area contributed by atoms with Crippen LogP contribution in [0.15, 0.2) is 22.7 Å². The molecule has 0 bridgehead atoms. The Bertz CT molecular complexity index is 576. The molecule has 0 fully saturated rings. The number of nitrogens with one attached hydrogen (secondary N) is 1. The third-order valence-electron chi connectivity index (χ3n) is 3.09. The first-order chi connectivity index (χ1) is 8.54. The number of pyridine rings is 1. The van der Waals surface area contributed by atoms with Gasteiger partial charge in [-0.1, -0.05) is 35.8 Å². The Morgan fingerprint density at radius 3 is 2.67 bits per heavy atom. The van der Waals surface area contributed by atoms with Gasteiger partial charge in [0.25, 0.3) is 0 Å². The summed E-state index contributed by atoms with van der Waals surface area (Å²) in [7, 11) is 0. The van der Waals surface area contributed by atoms with Gasteiger partial charge >= 0.3 is 0 Å². The second-order valence-electron chi connectivity index (χ2n) is 4.87. The molecular weight excluding hydrogens is 288 g/mol. The monoisotopic (exact) mass is 306 g/mol. The van der Waals surface area contributed by atoms with Gasteiger partial charge in [0, 0.05) is 27.8 Å². The van der Waals surface area contributed by atoms with Crippen molar-refractivity contribution in [3.8, 4) is 0 Å². The summed E-state index contributed by atoms with van der Waals surface area (Å²) in [4.78, 5) is 4.81. The topological polar surface area (TPSA) is 24.9 Å². The molecule has 0 saturated carbocycles. The lowest BCUT2D eigenvalue weighted by atomic mass is 10.0. The molecule has 1 aromatic heterocycles. The van der Waals surface area contributed by atoms with Crippen LogP contribution in [-0.2, 0) is 0 Å². The summed E-state index contributed by atoms with van der Waals surface area (Å²) in [6, 6.07) is 6.37. The molecule has 2 rings (SSSR count). The highest BCUT2D eigenvalue weighted by molar-refractivity contribution is 9.10. The van der Waals surface area contributed by atoms with E-state index in [1.807, 2.05) is 0 Å². The number of hydrogen-bond donors (Lipinski definition) is 1. The summed E-state index contributed by atoms with van der Waals surface area (Å²) in [6.07, 6.45) is 0. The largest absolute Gasteiger partial charge is 0.385 e. The molecule has 0 aliphatic heterocycles. The van der Waals surface area contributed by atoms with E-state index < -0.39 is 0 Å². The van der Waals surface area contributed by atoms with Gasteiger partial charge in [-0.05, 0) is 37.5 Å². The summed E-state index contributed by atoms with van der Waals surface area (Å²) in [5, 5.41) is 4.63. The zero-order valence-electron chi connectivity index (χ0n) is 11.3. The predicted octanol–water partition coefficient (Wildman–Crippen LogP) is 4.86. The minimum atomic E-state index is 0.435. The van der Waals surface area contributed by atoms with Crippen LogP contribution in [0.25, 0.3) is 10.9 Å². The van der Waals surface area contributed by atoms with E-state index in [0.29, 0.717) is 5.92 Å². The SMILES string of the molecule is CCNc1cc(C(C)C)nc2c(C)ccc(Br)c12. The van der Waals surface area contributed by atoms with Crippen LogP contribution in [0.3, 0.4) is 0 Å². The number of halogens is 1. The maximum Gasteiger partial charge on any atom is 0.0766 e. The van der Waals surface area contributed by atoms with Crippen molar-refractivity contribution in [1.82, 2.24) is 4.98 Å². The summed E-state index contributed by atoms with van der Waals surface area (Å²) in [5.41, 5.74) is 4.61. The van der Waals surface area contributed by atoms with E-state index in [4.69, 9.17) is 4.98 Å². The Balaban J connectivity index is 2.80. The molecule has 0 atom stereocenters. The number of anilines is 1. The number of rotatable bonds is 3. The van der Waals surface area contributed by atoms with Crippen molar-refractivity contribution in [2.24, 2.45) is 0 Å². The number of fused-ring (bicyclic) bond motifs is 1. The van der Waals surface area contributed by atoms with Gasteiger partial charge in [0.1, 0.15) is 0 Å². The van der Waals surface area contributed by atoms with Gasteiger partial charge in [-0.3, -0.25) is 4.98 Å². The smallest absolute Gasteiger partial charge is 0.0766 e. The minimum absolute atomic E-state index is 0.435. The Morgan fingerprint density at radius 1 is 1.33 bits per heavy atom. The number of aryl methyl sites for hydroxylation is 1. The van der Waals surface area contributed by atoms with Crippen LogP contribution in [0.1, 0.15) is 37.9 Å². The van der Waals surface area contributed by atoms with Crippen LogP contribution < -0.4 is 5.32 Å². The lowest BCUT2D eigenvalue weighted by molar-refractivity contribution is 0.829. The van der Waals surface area contributed by atoms with Crippen LogP contribution in [-0.4, -0.2) is 11.5 Å². The molecule has 0 unspecified atom stereocenters. The number of aromatic nitrogens is 1. The van der Waals surface area contributed by atoms with E-state index in [-0.39, 0.29) is 0 Å². The molecule has 0 aliphatic carbocycles. The van der Waals surface area contributed by atoms with Crippen molar-refractivity contribution in [3.05, 3.63) is 33.9 Å². The quantitative estimate of drug-likeness (QED) is 0.876. The van der Waals surface area contributed by atoms with Crippen molar-refractivity contribution in [2.45, 2.75) is 33.6 Å². The Morgan fingerprint density at radius 2 is 2.06 bits per heavy atom. The van der Waals surface area contributed by atoms with Crippen molar-refractivity contribution in [2.75, 3.05) is 11.9 Å². The molecule has 2 aromatic rings. The fourth-order valence-electron chi connectivity index (χ4n) is 2.08. The molecule has 0 aliphatic rings. The molecule has 0 spiro atoms. The van der Waals surface area contributed by atoms with Gasteiger partial charge in [0.2, 0.25) is 0 Å². The van der Waals surface area contributed by atoms with Gasteiger partial charge in [0.15, 0.2) is 0 Å². The van der Waals surface area contributed by atoms with Gasteiger partial charge in [-0.15, -0.1) is 0 Å². The number of benzene rings is 1. The number of hydrogen-bond acceptors (Lipinski definition) is 2. The molecule has 1 N–H and O–H groups in total. The first kappa shape index (κ1) is 13.3. The molecule has 0 saturated heterocycles. The van der Waals surface area contributed by atoms with E-state index in [9.17, 15) is 0 Å². The van der Waals surface area contributed by atoms with E-state index in [1.54, 1.807) is 0 Å². The highest BCUT2D eigenvalue weighted by atomic mass is 79.9. The highest BCUT2D eigenvalue weighted by Gasteiger charge is 2.12. The van der Waals surface area contributed by atoms with E-state index in [2.05, 4.69) is 67.1 Å². The van der Waals surface area contributed by atoms with E-state index in [0.717, 1.165) is 22.2 Å². The highest BCUT2D eigenvalue weighted by Crippen LogP contribution is 2.33. The molecule has 1 aromatic carbocycles. The second-order valence-corrected chi connectivity index (χ2v) is 5.72. The molecule has 3 heteroatoms. The standard InChI is InChI=1S/C15H19BrN2/c1-5-17-13-8-12(9(2)3)18-15-10(4)6-7-11(16)14(13)15/h6-9H,5H2,1-4H3,(H,17,18). The normalized spacial score (nSPS) is 11.2. The van der Waals surface area contributed by atoms with Crippen molar-refractivity contribution < 1.29 is 0 Å². The molecule has 0 amide bonds. The van der Waals surface area contributed by atoms with Crippen LogP contribution in [0.2, 0.25) is 0 Å². The van der Waals surface area contributed by atoms with Gasteiger partial charge < -0.3 is 5.32 Å². The summed E-state index contributed by atoms with van der Waals surface area (Å²) >= 11 is 3.63. The maximum atomic E-state index is 4.81. The van der Waals surface area contributed by atoms with Crippen molar-refractivity contribution in [1.29, 1.82) is 0 Å². The predicted molar refractivity (Wildman–Crippen MR) is 82.4 cm³/mol. The van der Waals surface area contributed by atoms with Crippen LogP contribution in [0.5, 0.6) is 0 Å². The minimum Gasteiger partial charge on any atom is -0.385 e. The average molecular weight is 307 g/mol. The first-order valence-corrected chi connectivity index (χ1v) is 7.17. The maximum absolute atomic E-state index is 4.81. The van der Waals surface area contributed by atoms with E-state index >= 15 is 0 Å². The Kier molecular flexibility index (Phi) is 3.91. The van der Waals surface area contributed by atoms with Crippen LogP contribution in [0.4, 0.5) is 5.69 Å². The third kappa shape index (κ3) is 2.37. The van der Waals surface area contributed by atoms with Crippen molar-refractivity contribution in [3.63, 3.8) is 0 Å². The van der Waals surface area contributed by atoms with Crippen LogP contribution in [0, 0.1) is 6.92 Å². The average Bonchev–Trinajstić information content (AvgIpc) is 2.33. The van der Waals surface area contributed by atoms with Gasteiger partial charge in [-0.25, -0.2) is 0 Å². The molecule has 18 heavy (non-hydrogen) atoms. The van der Waals surface area contributed by atoms with Gasteiger partial charge in [-0.2, -0.15) is 0 Å².